The highest BCUT2D eigenvalue weighted by Gasteiger charge is 2.35. The average Bonchev–Trinajstić information content (AvgIpc) is 3.12. The first-order chi connectivity index (χ1) is 15.0. The van der Waals surface area contributed by atoms with Gasteiger partial charge in [-0.2, -0.15) is 0 Å². The molecular formula is C24H24N2O4S. The van der Waals surface area contributed by atoms with Crippen LogP contribution in [-0.2, 0) is 20.9 Å². The molecule has 0 N–H and O–H groups in total. The molecule has 0 fully saturated rings. The fourth-order valence-electron chi connectivity index (χ4n) is 3.60. The van der Waals surface area contributed by atoms with Crippen LogP contribution in [0.4, 0.5) is 5.69 Å². The third-order valence-corrected chi connectivity index (χ3v) is 6.02. The molecule has 1 aromatic heterocycles. The van der Waals surface area contributed by atoms with Crippen LogP contribution >= 0.6 is 11.3 Å². The number of fused-ring (bicyclic) bond motifs is 1. The summed E-state index contributed by atoms with van der Waals surface area (Å²) in [6.07, 6.45) is -0.108. The number of thiazole rings is 1. The number of benzene rings is 2. The van der Waals surface area contributed by atoms with Crippen LogP contribution in [0.2, 0.25) is 0 Å². The Kier molecular flexibility index (Phi) is 6.04. The normalized spacial score (nSPS) is 15.4. The topological polar surface area (TPSA) is 68.7 Å². The Labute approximate surface area is 185 Å². The van der Waals surface area contributed by atoms with Gasteiger partial charge in [0.15, 0.2) is 6.10 Å². The third-order valence-electron chi connectivity index (χ3n) is 5.14. The monoisotopic (exact) mass is 436 g/mol. The summed E-state index contributed by atoms with van der Waals surface area (Å²) in [5, 5.41) is 0.977. The standard InChI is InChI=1S/C24H24N2O4S/c1-4-20-24(28)26(13-22(27)29-14-17-8-6-5-7-9-17)19-12-18(10-11-21(19)30-20)23-15(2)31-16(3)25-23/h5-12,20H,4,13-14H2,1-3H3. The summed E-state index contributed by atoms with van der Waals surface area (Å²) in [5.41, 5.74) is 3.22. The van der Waals surface area contributed by atoms with Crippen molar-refractivity contribution in [3.63, 3.8) is 0 Å². The smallest absolute Gasteiger partial charge is 0.326 e. The van der Waals surface area contributed by atoms with Gasteiger partial charge >= 0.3 is 5.97 Å². The zero-order chi connectivity index (χ0) is 22.0. The number of carbonyl (C=O) groups excluding carboxylic acids is 2. The molecule has 2 aromatic carbocycles. The second-order valence-electron chi connectivity index (χ2n) is 7.41. The van der Waals surface area contributed by atoms with Crippen molar-refractivity contribution in [1.29, 1.82) is 0 Å². The molecular weight excluding hydrogens is 412 g/mol. The third kappa shape index (κ3) is 4.46. The summed E-state index contributed by atoms with van der Waals surface area (Å²) in [7, 11) is 0. The van der Waals surface area contributed by atoms with E-state index in [4.69, 9.17) is 9.47 Å². The number of amides is 1. The maximum absolute atomic E-state index is 13.0. The number of hydrogen-bond acceptors (Lipinski definition) is 6. The number of ether oxygens (including phenoxy) is 2. The minimum atomic E-state index is -0.622. The van der Waals surface area contributed by atoms with Crippen molar-refractivity contribution in [3.8, 4) is 17.0 Å². The Morgan fingerprint density at radius 3 is 2.65 bits per heavy atom. The van der Waals surface area contributed by atoms with E-state index in [0.717, 1.165) is 26.7 Å². The van der Waals surface area contributed by atoms with E-state index < -0.39 is 12.1 Å². The lowest BCUT2D eigenvalue weighted by atomic mass is 10.1. The molecule has 1 amide bonds. The Morgan fingerprint density at radius 2 is 1.97 bits per heavy atom. The summed E-state index contributed by atoms with van der Waals surface area (Å²) in [6.45, 7) is 5.87. The molecule has 31 heavy (non-hydrogen) atoms. The number of hydrogen-bond donors (Lipinski definition) is 0. The maximum atomic E-state index is 13.0. The number of anilines is 1. The van der Waals surface area contributed by atoms with E-state index in [2.05, 4.69) is 4.98 Å². The van der Waals surface area contributed by atoms with E-state index in [1.54, 1.807) is 11.3 Å². The van der Waals surface area contributed by atoms with Crippen molar-refractivity contribution < 1.29 is 19.1 Å². The zero-order valence-electron chi connectivity index (χ0n) is 17.8. The highest BCUT2D eigenvalue weighted by atomic mass is 32.1. The number of nitrogens with zero attached hydrogens (tertiary/aromatic N) is 2. The first-order valence-corrected chi connectivity index (χ1v) is 11.0. The number of aromatic nitrogens is 1. The van der Waals surface area contributed by atoms with Crippen molar-refractivity contribution in [2.75, 3.05) is 11.4 Å². The first kappa shape index (κ1) is 21.1. The van der Waals surface area contributed by atoms with E-state index in [1.807, 2.05) is 69.3 Å². The molecule has 0 spiro atoms. The number of aryl methyl sites for hydroxylation is 2. The van der Waals surface area contributed by atoms with Crippen molar-refractivity contribution in [3.05, 3.63) is 64.0 Å². The van der Waals surface area contributed by atoms with Crippen LogP contribution in [0.15, 0.2) is 48.5 Å². The summed E-state index contributed by atoms with van der Waals surface area (Å²) in [5.74, 6) is -0.128. The molecule has 0 radical (unpaired) electrons. The second kappa shape index (κ2) is 8.89. The lowest BCUT2D eigenvalue weighted by Crippen LogP contribution is -2.48. The van der Waals surface area contributed by atoms with Crippen molar-refractivity contribution in [1.82, 2.24) is 4.98 Å². The van der Waals surface area contributed by atoms with Crippen LogP contribution in [0, 0.1) is 13.8 Å². The van der Waals surface area contributed by atoms with Crippen molar-refractivity contribution >= 4 is 28.9 Å². The fourth-order valence-corrected chi connectivity index (χ4v) is 4.44. The molecule has 1 atom stereocenters. The molecule has 0 aliphatic carbocycles. The molecule has 1 unspecified atom stereocenters. The van der Waals surface area contributed by atoms with Crippen LogP contribution < -0.4 is 9.64 Å². The van der Waals surface area contributed by atoms with Gasteiger partial charge in [0.05, 0.1) is 16.4 Å². The number of carbonyl (C=O) groups is 2. The van der Waals surface area contributed by atoms with E-state index in [1.165, 1.54) is 4.90 Å². The van der Waals surface area contributed by atoms with Crippen LogP contribution in [0.1, 0.15) is 28.8 Å². The highest BCUT2D eigenvalue weighted by molar-refractivity contribution is 7.11. The van der Waals surface area contributed by atoms with E-state index in [0.29, 0.717) is 17.9 Å². The van der Waals surface area contributed by atoms with E-state index in [-0.39, 0.29) is 19.1 Å². The molecule has 0 saturated heterocycles. The predicted molar refractivity (Wildman–Crippen MR) is 120 cm³/mol. The molecule has 1 aliphatic rings. The molecule has 4 rings (SSSR count). The van der Waals surface area contributed by atoms with E-state index in [9.17, 15) is 9.59 Å². The summed E-state index contributed by atoms with van der Waals surface area (Å²) < 4.78 is 11.3. The largest absolute Gasteiger partial charge is 0.478 e. The highest BCUT2D eigenvalue weighted by Crippen LogP contribution is 2.39. The van der Waals surface area contributed by atoms with Crippen LogP contribution in [0.3, 0.4) is 0 Å². The summed E-state index contributed by atoms with van der Waals surface area (Å²) >= 11 is 1.62. The lowest BCUT2D eigenvalue weighted by molar-refractivity contribution is -0.144. The number of esters is 1. The molecule has 6 nitrogen and oxygen atoms in total. The van der Waals surface area contributed by atoms with Crippen molar-refractivity contribution in [2.24, 2.45) is 0 Å². The van der Waals surface area contributed by atoms with Gasteiger partial charge < -0.3 is 9.47 Å². The molecule has 0 bridgehead atoms. The molecule has 2 heterocycles. The van der Waals surface area contributed by atoms with Crippen LogP contribution in [0.5, 0.6) is 5.75 Å². The molecule has 160 valence electrons. The quantitative estimate of drug-likeness (QED) is 0.525. The average molecular weight is 437 g/mol. The SMILES string of the molecule is CCC1Oc2ccc(-c3nc(C)sc3C)cc2N(CC(=O)OCc2ccccc2)C1=O. The van der Waals surface area contributed by atoms with Gasteiger partial charge in [0.25, 0.3) is 5.91 Å². The molecule has 7 heteroatoms. The Hall–Kier alpha value is -3.19. The van der Waals surface area contributed by atoms with Gasteiger partial charge in [0, 0.05) is 10.4 Å². The van der Waals surface area contributed by atoms with Gasteiger partial charge in [0.2, 0.25) is 0 Å². The minimum absolute atomic E-state index is 0.166. The van der Waals surface area contributed by atoms with Gasteiger partial charge in [-0.1, -0.05) is 37.3 Å². The second-order valence-corrected chi connectivity index (χ2v) is 8.81. The Bertz CT molecular complexity index is 1110. The Morgan fingerprint density at radius 1 is 1.19 bits per heavy atom. The van der Waals surface area contributed by atoms with E-state index >= 15 is 0 Å². The zero-order valence-corrected chi connectivity index (χ0v) is 18.6. The molecule has 3 aromatic rings. The Balaban J connectivity index is 1.60. The molecule has 0 saturated carbocycles. The number of rotatable bonds is 6. The predicted octanol–water partition coefficient (Wildman–Crippen LogP) is 4.67. The first-order valence-electron chi connectivity index (χ1n) is 10.2. The minimum Gasteiger partial charge on any atom is -0.478 e. The van der Waals surface area contributed by atoms with Gasteiger partial charge in [-0.05, 0) is 44.0 Å². The summed E-state index contributed by atoms with van der Waals surface area (Å²) in [6, 6.07) is 15.1. The van der Waals surface area contributed by atoms with Gasteiger partial charge in [-0.15, -0.1) is 11.3 Å². The maximum Gasteiger partial charge on any atom is 0.326 e. The lowest BCUT2D eigenvalue weighted by Gasteiger charge is -2.33. The van der Waals surface area contributed by atoms with Crippen LogP contribution in [-0.4, -0.2) is 29.5 Å². The summed E-state index contributed by atoms with van der Waals surface area (Å²) in [4.78, 5) is 32.8. The molecule has 1 aliphatic heterocycles. The van der Waals surface area contributed by atoms with Gasteiger partial charge in [-0.25, -0.2) is 4.98 Å². The van der Waals surface area contributed by atoms with Crippen LogP contribution in [0.25, 0.3) is 11.3 Å². The fraction of sp³-hybridized carbons (Fsp3) is 0.292. The van der Waals surface area contributed by atoms with Crippen molar-refractivity contribution in [2.45, 2.75) is 39.9 Å². The van der Waals surface area contributed by atoms with Gasteiger partial charge in [-0.3, -0.25) is 14.5 Å². The van der Waals surface area contributed by atoms with Gasteiger partial charge in [0.1, 0.15) is 18.9 Å².